The van der Waals surface area contributed by atoms with Gasteiger partial charge < -0.3 is 9.26 Å². The first kappa shape index (κ1) is 13.0. The highest BCUT2D eigenvalue weighted by Crippen LogP contribution is 2.24. The van der Waals surface area contributed by atoms with Crippen LogP contribution in [0.3, 0.4) is 0 Å². The molecule has 5 nitrogen and oxygen atoms in total. The van der Waals surface area contributed by atoms with Crippen molar-refractivity contribution in [2.75, 3.05) is 20.2 Å². The molecule has 2 aromatic rings. The van der Waals surface area contributed by atoms with Crippen molar-refractivity contribution in [1.82, 2.24) is 10.1 Å². The highest BCUT2D eigenvalue weighted by atomic mass is 16.5. The second kappa shape index (κ2) is 5.54. The number of nitrogens with one attached hydrogen (secondary N) is 1. The summed E-state index contributed by atoms with van der Waals surface area (Å²) < 4.78 is 10.1. The van der Waals surface area contributed by atoms with Gasteiger partial charge in [-0.2, -0.15) is 0 Å². The first-order valence-electron chi connectivity index (χ1n) is 6.85. The van der Waals surface area contributed by atoms with Crippen molar-refractivity contribution in [2.24, 2.45) is 0 Å². The number of likely N-dealkylation sites (tertiary alicyclic amines) is 1. The van der Waals surface area contributed by atoms with Gasteiger partial charge in [0, 0.05) is 12.1 Å². The van der Waals surface area contributed by atoms with E-state index in [4.69, 9.17) is 9.26 Å². The maximum Gasteiger partial charge on any atom is 0.362 e. The number of rotatable bonds is 4. The van der Waals surface area contributed by atoms with Gasteiger partial charge in [-0.15, -0.1) is 0 Å². The third kappa shape index (κ3) is 2.49. The van der Waals surface area contributed by atoms with Crippen LogP contribution in [0.25, 0.3) is 11.3 Å². The standard InChI is InChI=1S/C15H18N2O3/c1-19-12-6-4-11(5-7-12)14-13(15(18)20-16-14)10-17-8-2-3-9-17/h4-7,16H,2-3,8-10H2,1H3. The topological polar surface area (TPSA) is 58.5 Å². The zero-order chi connectivity index (χ0) is 13.9. The Morgan fingerprint density at radius 2 is 1.95 bits per heavy atom. The largest absolute Gasteiger partial charge is 0.497 e. The van der Waals surface area contributed by atoms with E-state index in [-0.39, 0.29) is 5.63 Å². The van der Waals surface area contributed by atoms with E-state index in [2.05, 4.69) is 10.1 Å². The summed E-state index contributed by atoms with van der Waals surface area (Å²) in [5.41, 5.74) is 2.13. The Balaban J connectivity index is 1.90. The van der Waals surface area contributed by atoms with Crippen LogP contribution in [0.1, 0.15) is 18.4 Å². The number of benzene rings is 1. The molecule has 0 saturated carbocycles. The van der Waals surface area contributed by atoms with Gasteiger partial charge in [0.2, 0.25) is 0 Å². The zero-order valence-corrected chi connectivity index (χ0v) is 11.5. The molecule has 1 aromatic heterocycles. The monoisotopic (exact) mass is 274 g/mol. The Morgan fingerprint density at radius 3 is 2.60 bits per heavy atom. The van der Waals surface area contributed by atoms with Crippen molar-refractivity contribution >= 4 is 0 Å². The van der Waals surface area contributed by atoms with Crippen molar-refractivity contribution < 1.29 is 9.26 Å². The molecule has 0 amide bonds. The molecule has 1 N–H and O–H groups in total. The molecule has 0 radical (unpaired) electrons. The van der Waals surface area contributed by atoms with E-state index in [1.165, 1.54) is 12.8 Å². The summed E-state index contributed by atoms with van der Waals surface area (Å²) in [5.74, 6) is 0.792. The highest BCUT2D eigenvalue weighted by molar-refractivity contribution is 5.63. The summed E-state index contributed by atoms with van der Waals surface area (Å²) in [6.07, 6.45) is 2.40. The average molecular weight is 274 g/mol. The van der Waals surface area contributed by atoms with Gasteiger partial charge in [-0.3, -0.25) is 4.90 Å². The normalized spacial score (nSPS) is 15.7. The maximum atomic E-state index is 11.9. The highest BCUT2D eigenvalue weighted by Gasteiger charge is 2.19. The van der Waals surface area contributed by atoms with Crippen molar-refractivity contribution in [3.8, 4) is 17.0 Å². The van der Waals surface area contributed by atoms with Crippen molar-refractivity contribution in [2.45, 2.75) is 19.4 Å². The van der Waals surface area contributed by atoms with E-state index in [0.29, 0.717) is 12.1 Å². The van der Waals surface area contributed by atoms with Crippen molar-refractivity contribution in [3.63, 3.8) is 0 Å². The molecule has 1 aromatic carbocycles. The molecule has 1 fully saturated rings. The fourth-order valence-electron chi connectivity index (χ4n) is 2.62. The number of hydrogen-bond acceptors (Lipinski definition) is 4. The fourth-order valence-corrected chi connectivity index (χ4v) is 2.62. The number of H-pyrrole nitrogens is 1. The molecule has 0 atom stereocenters. The Hall–Kier alpha value is -2.01. The SMILES string of the molecule is COc1ccc(-c2[nH]oc(=O)c2CN2CCCC2)cc1. The Morgan fingerprint density at radius 1 is 1.25 bits per heavy atom. The molecule has 2 heterocycles. The van der Waals surface area contributed by atoms with E-state index in [9.17, 15) is 4.79 Å². The van der Waals surface area contributed by atoms with Gasteiger partial charge in [0.15, 0.2) is 0 Å². The molecule has 0 aliphatic carbocycles. The van der Waals surface area contributed by atoms with Crippen LogP contribution in [0, 0.1) is 0 Å². The summed E-state index contributed by atoms with van der Waals surface area (Å²) in [4.78, 5) is 14.2. The fraction of sp³-hybridized carbons (Fsp3) is 0.400. The number of hydrogen-bond donors (Lipinski definition) is 1. The maximum absolute atomic E-state index is 11.9. The smallest absolute Gasteiger partial charge is 0.362 e. The third-order valence-electron chi connectivity index (χ3n) is 3.75. The van der Waals surface area contributed by atoms with Crippen LogP contribution < -0.4 is 10.4 Å². The molecule has 1 aliphatic rings. The van der Waals surface area contributed by atoms with Crippen LogP contribution in [0.5, 0.6) is 5.75 Å². The summed E-state index contributed by atoms with van der Waals surface area (Å²) in [6.45, 7) is 2.74. The second-order valence-electron chi connectivity index (χ2n) is 5.06. The number of nitrogens with zero attached hydrogens (tertiary/aromatic N) is 1. The van der Waals surface area contributed by atoms with Gasteiger partial charge >= 0.3 is 5.63 Å². The van der Waals surface area contributed by atoms with Crippen molar-refractivity contribution in [1.29, 1.82) is 0 Å². The first-order chi connectivity index (χ1) is 9.78. The molecule has 106 valence electrons. The number of methoxy groups -OCH3 is 1. The molecule has 0 unspecified atom stereocenters. The minimum absolute atomic E-state index is 0.275. The van der Waals surface area contributed by atoms with Crippen LogP contribution in [0.15, 0.2) is 33.6 Å². The minimum Gasteiger partial charge on any atom is -0.497 e. The van der Waals surface area contributed by atoms with Crippen molar-refractivity contribution in [3.05, 3.63) is 40.2 Å². The van der Waals surface area contributed by atoms with Crippen LogP contribution in [-0.4, -0.2) is 30.3 Å². The molecule has 20 heavy (non-hydrogen) atoms. The van der Waals surface area contributed by atoms with Gasteiger partial charge in [-0.25, -0.2) is 9.95 Å². The van der Waals surface area contributed by atoms with E-state index >= 15 is 0 Å². The Kier molecular flexibility index (Phi) is 3.60. The zero-order valence-electron chi connectivity index (χ0n) is 11.5. The lowest BCUT2D eigenvalue weighted by atomic mass is 10.1. The predicted molar refractivity (Wildman–Crippen MR) is 75.8 cm³/mol. The van der Waals surface area contributed by atoms with Gasteiger partial charge in [0.1, 0.15) is 5.75 Å². The summed E-state index contributed by atoms with van der Waals surface area (Å²) >= 11 is 0. The molecule has 0 bridgehead atoms. The Labute approximate surface area is 117 Å². The van der Waals surface area contributed by atoms with Crippen LogP contribution in [0.4, 0.5) is 0 Å². The molecule has 5 heteroatoms. The average Bonchev–Trinajstić information content (AvgIpc) is 3.11. The van der Waals surface area contributed by atoms with E-state index < -0.39 is 0 Å². The van der Waals surface area contributed by atoms with Crippen LogP contribution in [0.2, 0.25) is 0 Å². The molecule has 3 rings (SSSR count). The summed E-state index contributed by atoms with van der Waals surface area (Å²) in [6, 6.07) is 7.60. The summed E-state index contributed by atoms with van der Waals surface area (Å²) in [5, 5.41) is 2.75. The van der Waals surface area contributed by atoms with Gasteiger partial charge in [0.05, 0.1) is 18.4 Å². The Bertz CT molecular complexity index is 621. The third-order valence-corrected chi connectivity index (χ3v) is 3.75. The quantitative estimate of drug-likeness (QED) is 0.929. The van der Waals surface area contributed by atoms with Crippen LogP contribution >= 0.6 is 0 Å². The number of ether oxygens (including phenoxy) is 1. The first-order valence-corrected chi connectivity index (χ1v) is 6.85. The number of aromatic amines is 1. The van der Waals surface area contributed by atoms with Crippen LogP contribution in [-0.2, 0) is 6.54 Å². The lowest BCUT2D eigenvalue weighted by molar-refractivity contribution is 0.325. The van der Waals surface area contributed by atoms with E-state index in [0.717, 1.165) is 30.1 Å². The lowest BCUT2D eigenvalue weighted by Gasteiger charge is -2.13. The predicted octanol–water partition coefficient (Wildman–Crippen LogP) is 2.24. The lowest BCUT2D eigenvalue weighted by Crippen LogP contribution is -2.21. The van der Waals surface area contributed by atoms with Gasteiger partial charge in [0.25, 0.3) is 0 Å². The molecule has 0 spiro atoms. The van der Waals surface area contributed by atoms with Gasteiger partial charge in [-0.1, -0.05) is 0 Å². The molecular formula is C15H18N2O3. The molecule has 1 aliphatic heterocycles. The molecule has 1 saturated heterocycles. The van der Waals surface area contributed by atoms with E-state index in [1.54, 1.807) is 7.11 Å². The second-order valence-corrected chi connectivity index (χ2v) is 5.06. The number of aromatic nitrogens is 1. The van der Waals surface area contributed by atoms with Gasteiger partial charge in [-0.05, 0) is 50.2 Å². The minimum atomic E-state index is -0.275. The molecular weight excluding hydrogens is 256 g/mol. The summed E-state index contributed by atoms with van der Waals surface area (Å²) in [7, 11) is 1.63. The van der Waals surface area contributed by atoms with E-state index in [1.807, 2.05) is 24.3 Å².